The minimum atomic E-state index is -2.47. The summed E-state index contributed by atoms with van der Waals surface area (Å²) in [6.07, 6.45) is 0. The van der Waals surface area contributed by atoms with Crippen LogP contribution in [0.1, 0.15) is 22.8 Å². The summed E-state index contributed by atoms with van der Waals surface area (Å²) >= 11 is 0. The molecule has 8 aromatic rings. The second kappa shape index (κ2) is 11.6. The lowest BCUT2D eigenvalue weighted by Gasteiger charge is -2.12. The van der Waals surface area contributed by atoms with E-state index in [0.29, 0.717) is 11.4 Å². The van der Waals surface area contributed by atoms with Crippen LogP contribution < -0.4 is 0 Å². The van der Waals surface area contributed by atoms with Gasteiger partial charge in [0.25, 0.3) is 0 Å². The Kier molecular flexibility index (Phi) is 7.24. The second-order valence-corrected chi connectivity index (χ2v) is 11.2. The first-order chi connectivity index (χ1) is 25.7. The zero-order valence-corrected chi connectivity index (χ0v) is 26.1. The molecule has 0 radical (unpaired) electrons. The van der Waals surface area contributed by atoms with Crippen molar-refractivity contribution in [3.05, 3.63) is 80.9 Å². The fraction of sp³-hybridized carbons (Fsp3) is 0.0625. The maximum absolute atomic E-state index is 14.9. The summed E-state index contributed by atoms with van der Waals surface area (Å²) in [5, 5.41) is 19.5. The first kappa shape index (κ1) is 33.8. The van der Waals surface area contributed by atoms with Crippen LogP contribution in [-0.4, -0.2) is 49.8 Å². The number of hydrogen-bond acceptors (Lipinski definition) is 12. The van der Waals surface area contributed by atoms with Crippen molar-refractivity contribution in [3.63, 3.8) is 0 Å². The molecule has 0 aliphatic heterocycles. The highest BCUT2D eigenvalue weighted by atomic mass is 19.2. The van der Waals surface area contributed by atoms with Crippen molar-refractivity contribution in [2.45, 2.75) is 13.8 Å². The third-order valence-electron chi connectivity index (χ3n) is 8.12. The number of rotatable bonds is 2. The molecule has 0 aliphatic carbocycles. The lowest BCUT2D eigenvalue weighted by molar-refractivity contribution is 0.381. The molecule has 0 saturated heterocycles. The topological polar surface area (TPSA) is 176 Å². The van der Waals surface area contributed by atoms with Crippen LogP contribution in [0.5, 0.6) is 0 Å². The third kappa shape index (κ3) is 4.55. The second-order valence-electron chi connectivity index (χ2n) is 11.2. The number of aryl methyl sites for hydroxylation is 2. The largest absolute Gasteiger partial charge is 0.247 e. The fourth-order valence-electron chi connectivity index (χ4n) is 5.49. The minimum absolute atomic E-state index is 0.0607. The monoisotopic (exact) mass is 748 g/mol. The molecule has 5 aromatic heterocycles. The van der Waals surface area contributed by atoms with E-state index in [0.717, 1.165) is 0 Å². The van der Waals surface area contributed by atoms with Crippen LogP contribution in [0.2, 0.25) is 0 Å². The van der Waals surface area contributed by atoms with Gasteiger partial charge in [-0.3, -0.25) is 0 Å². The van der Waals surface area contributed by atoms with Crippen molar-refractivity contribution in [2.75, 3.05) is 0 Å². The molecule has 22 heteroatoms. The molecule has 8 rings (SSSR count). The summed E-state index contributed by atoms with van der Waals surface area (Å²) in [5.74, 6) is -23.5. The molecule has 0 unspecified atom stereocenters. The summed E-state index contributed by atoms with van der Waals surface area (Å²) in [6.45, 7) is 3.12. The maximum Gasteiger partial charge on any atom is 0.200 e. The number of nitriles is 2. The van der Waals surface area contributed by atoms with Crippen molar-refractivity contribution in [3.8, 4) is 34.7 Å². The van der Waals surface area contributed by atoms with Crippen LogP contribution in [0, 0.1) is 94.7 Å². The Bertz CT molecular complexity index is 3120. The first-order valence-corrected chi connectivity index (χ1v) is 14.6. The van der Waals surface area contributed by atoms with Gasteiger partial charge in [-0.05, 0) is 13.8 Å². The van der Waals surface area contributed by atoms with Crippen LogP contribution in [-0.2, 0) is 0 Å². The van der Waals surface area contributed by atoms with Crippen LogP contribution in [0.3, 0.4) is 0 Å². The summed E-state index contributed by atoms with van der Waals surface area (Å²) in [5.41, 5.74) is -9.82. The van der Waals surface area contributed by atoms with Gasteiger partial charge in [-0.25, -0.2) is 93.7 Å². The van der Waals surface area contributed by atoms with Gasteiger partial charge < -0.3 is 0 Å². The van der Waals surface area contributed by atoms with E-state index in [-0.39, 0.29) is 33.1 Å². The van der Waals surface area contributed by atoms with Crippen LogP contribution in [0.25, 0.3) is 78.2 Å². The molecule has 0 amide bonds. The van der Waals surface area contributed by atoms with Crippen molar-refractivity contribution in [1.29, 1.82) is 10.5 Å². The van der Waals surface area contributed by atoms with Gasteiger partial charge in [0.05, 0.1) is 22.5 Å². The van der Waals surface area contributed by atoms with Crippen LogP contribution >= 0.6 is 0 Å². The van der Waals surface area contributed by atoms with Gasteiger partial charge in [0, 0.05) is 0 Å². The average molecular weight is 748 g/mol. The number of hydrogen-bond donors (Lipinski definition) is 0. The number of halogens is 10. The number of benzene rings is 3. The Balaban J connectivity index is 1.50. The Hall–Kier alpha value is -7.36. The molecular weight excluding hydrogens is 742 g/mol. The number of aromatic nitrogens is 10. The van der Waals surface area contributed by atoms with E-state index in [9.17, 15) is 54.4 Å². The highest BCUT2D eigenvalue weighted by Gasteiger charge is 2.32. The predicted molar refractivity (Wildman–Crippen MR) is 161 cm³/mol. The maximum atomic E-state index is 14.9. The molecular formula is C32H6F10N12. The van der Waals surface area contributed by atoms with E-state index in [1.165, 1.54) is 12.1 Å². The lowest BCUT2D eigenvalue weighted by atomic mass is 10.1. The minimum Gasteiger partial charge on any atom is -0.247 e. The van der Waals surface area contributed by atoms with Crippen LogP contribution in [0.15, 0.2) is 0 Å². The predicted octanol–water partition coefficient (Wildman–Crippen LogP) is 6.49. The zero-order valence-electron chi connectivity index (χ0n) is 26.1. The molecule has 3 aromatic carbocycles. The van der Waals surface area contributed by atoms with Gasteiger partial charge in [-0.15, -0.1) is 0 Å². The zero-order chi connectivity index (χ0) is 38.7. The van der Waals surface area contributed by atoms with E-state index in [4.69, 9.17) is 0 Å². The molecule has 0 spiro atoms. The average Bonchev–Trinajstić information content (AvgIpc) is 3.16. The Morgan fingerprint density at radius 2 is 0.574 bits per heavy atom. The summed E-state index contributed by atoms with van der Waals surface area (Å²) in [4.78, 5) is 41.8. The molecule has 12 nitrogen and oxygen atoms in total. The number of fused-ring (bicyclic) bond motifs is 8. The van der Waals surface area contributed by atoms with Crippen molar-refractivity contribution in [1.82, 2.24) is 49.8 Å². The molecule has 54 heavy (non-hydrogen) atoms. The molecule has 264 valence electrons. The van der Waals surface area contributed by atoms with Gasteiger partial charge in [-0.1, -0.05) is 0 Å². The summed E-state index contributed by atoms with van der Waals surface area (Å²) in [6, 6.07) is 2.93. The fourth-order valence-corrected chi connectivity index (χ4v) is 5.49. The van der Waals surface area contributed by atoms with Gasteiger partial charge >= 0.3 is 0 Å². The molecule has 0 bridgehead atoms. The van der Waals surface area contributed by atoms with E-state index >= 15 is 0 Å². The van der Waals surface area contributed by atoms with E-state index in [1.54, 1.807) is 13.8 Å². The number of nitrogens with zero attached hydrogens (tertiary/aromatic N) is 12. The molecule has 0 N–H and O–H groups in total. The Morgan fingerprint density at radius 3 is 0.852 bits per heavy atom. The Labute approximate surface area is 289 Å². The summed E-state index contributed by atoms with van der Waals surface area (Å²) in [7, 11) is 0. The SMILES string of the molecule is Cc1nc2c(nc1C)c1nc3nc(C#N)c(-c4c(F)c(F)c(F)c(F)c4F)nc3nc1c1nc3nc(C#N)c(-c4c(F)c(F)c(F)c(F)c4F)nc3nc21. The Morgan fingerprint density at radius 1 is 0.333 bits per heavy atom. The van der Waals surface area contributed by atoms with Gasteiger partial charge in [0.2, 0.25) is 11.6 Å². The van der Waals surface area contributed by atoms with Gasteiger partial charge in [0.1, 0.15) is 56.6 Å². The van der Waals surface area contributed by atoms with Crippen molar-refractivity contribution >= 4 is 55.7 Å². The molecule has 5 heterocycles. The highest BCUT2D eigenvalue weighted by molar-refractivity contribution is 6.19. The summed E-state index contributed by atoms with van der Waals surface area (Å²) < 4.78 is 144. The smallest absolute Gasteiger partial charge is 0.200 e. The quantitative estimate of drug-likeness (QED) is 0.0619. The third-order valence-corrected chi connectivity index (χ3v) is 8.12. The highest BCUT2D eigenvalue weighted by Crippen LogP contribution is 2.36. The lowest BCUT2D eigenvalue weighted by Crippen LogP contribution is -2.09. The molecule has 0 atom stereocenters. The van der Waals surface area contributed by atoms with E-state index < -0.39 is 115 Å². The van der Waals surface area contributed by atoms with Gasteiger partial charge in [-0.2, -0.15) is 10.5 Å². The van der Waals surface area contributed by atoms with Crippen molar-refractivity contribution < 1.29 is 43.9 Å². The molecule has 0 saturated carbocycles. The first-order valence-electron chi connectivity index (χ1n) is 14.6. The van der Waals surface area contributed by atoms with Crippen molar-refractivity contribution in [2.24, 2.45) is 0 Å². The standard InChI is InChI=1S/C32H6F10N12/c1-5-6(2)46-24-23(45-5)25-28(54-32-29(51-25)47-7(3-43)22(50-32)10-13(35)17(39)20(42)18(40)14(10)36)27-26(24)53-31-30(52-27)48-8(4-44)21(49-31)9-11(33)15(37)19(41)16(38)12(9)34/h1-2H3. The van der Waals surface area contributed by atoms with Crippen LogP contribution in [0.4, 0.5) is 43.9 Å². The van der Waals surface area contributed by atoms with Gasteiger partial charge in [0.15, 0.2) is 80.5 Å². The van der Waals surface area contributed by atoms with E-state index in [1.807, 2.05) is 0 Å². The molecule has 0 fully saturated rings. The molecule has 0 aliphatic rings. The normalized spacial score (nSPS) is 11.7. The van der Waals surface area contributed by atoms with E-state index in [2.05, 4.69) is 49.8 Å².